The van der Waals surface area contributed by atoms with Gasteiger partial charge in [0.2, 0.25) is 10.0 Å². The first-order valence-electron chi connectivity index (χ1n) is 13.8. The minimum Gasteiger partial charge on any atom is -0.352 e. The summed E-state index contributed by atoms with van der Waals surface area (Å²) in [6.07, 6.45) is 8.63. The Balaban J connectivity index is 1.15. The van der Waals surface area contributed by atoms with Crippen molar-refractivity contribution >= 4 is 43.3 Å². The van der Waals surface area contributed by atoms with E-state index in [2.05, 4.69) is 4.90 Å². The number of anilines is 1. The third kappa shape index (κ3) is 4.82. The van der Waals surface area contributed by atoms with Crippen LogP contribution in [0.15, 0.2) is 29.2 Å². The molecule has 10 heteroatoms. The molecule has 3 aromatic rings. The number of piperazine rings is 1. The van der Waals surface area contributed by atoms with Gasteiger partial charge in [0.05, 0.1) is 10.3 Å². The zero-order valence-electron chi connectivity index (χ0n) is 22.0. The number of thiophene rings is 1. The summed E-state index contributed by atoms with van der Waals surface area (Å²) in [6, 6.07) is 6.50. The predicted molar refractivity (Wildman–Crippen MR) is 151 cm³/mol. The third-order valence-corrected chi connectivity index (χ3v) is 11.2. The van der Waals surface area contributed by atoms with Crippen LogP contribution in [-0.4, -0.2) is 72.8 Å². The molecule has 4 heterocycles. The lowest BCUT2D eigenvalue weighted by Crippen LogP contribution is -2.49. The van der Waals surface area contributed by atoms with E-state index in [0.717, 1.165) is 55.0 Å². The number of carbonyl (C=O) groups excluding carboxylic acids is 1. The van der Waals surface area contributed by atoms with Gasteiger partial charge in [-0.2, -0.15) is 4.31 Å². The number of hydrogen-bond donors (Lipinski definition) is 0. The number of carbonyl (C=O) groups is 1. The molecule has 0 spiro atoms. The van der Waals surface area contributed by atoms with Crippen LogP contribution in [0.3, 0.4) is 0 Å². The van der Waals surface area contributed by atoms with Crippen molar-refractivity contribution in [2.45, 2.75) is 63.2 Å². The number of amides is 1. The van der Waals surface area contributed by atoms with Crippen LogP contribution < -0.4 is 4.90 Å². The summed E-state index contributed by atoms with van der Waals surface area (Å²) in [4.78, 5) is 29.9. The lowest BCUT2D eigenvalue weighted by Gasteiger charge is -2.36. The van der Waals surface area contributed by atoms with Gasteiger partial charge in [-0.1, -0.05) is 12.8 Å². The molecule has 3 aliphatic rings. The highest BCUT2D eigenvalue weighted by Gasteiger charge is 2.29. The van der Waals surface area contributed by atoms with Crippen molar-refractivity contribution in [3.8, 4) is 0 Å². The van der Waals surface area contributed by atoms with Gasteiger partial charge in [-0.05, 0) is 75.3 Å². The van der Waals surface area contributed by atoms with Gasteiger partial charge in [0.15, 0.2) is 0 Å². The molecule has 2 aromatic heterocycles. The SMILES string of the molecule is Cc1nc(N2CCN(C(=O)c3ccc(S(=O)(=O)N4CCCCCC4)cc3)CC2)c2c3c(sc2n1)CCCC3. The molecule has 0 unspecified atom stereocenters. The van der Waals surface area contributed by atoms with E-state index in [1.807, 2.05) is 23.2 Å². The van der Waals surface area contributed by atoms with Crippen LogP contribution in [0.1, 0.15) is 65.1 Å². The maximum Gasteiger partial charge on any atom is 0.253 e. The topological polar surface area (TPSA) is 86.7 Å². The number of aromatic nitrogens is 2. The average molecular weight is 554 g/mol. The van der Waals surface area contributed by atoms with Crippen molar-refractivity contribution in [2.24, 2.45) is 0 Å². The lowest BCUT2D eigenvalue weighted by atomic mass is 9.97. The zero-order valence-corrected chi connectivity index (χ0v) is 23.6. The first-order valence-corrected chi connectivity index (χ1v) is 16.1. The molecule has 2 aliphatic heterocycles. The molecule has 2 fully saturated rings. The van der Waals surface area contributed by atoms with Gasteiger partial charge >= 0.3 is 0 Å². The van der Waals surface area contributed by atoms with Crippen molar-refractivity contribution in [1.82, 2.24) is 19.2 Å². The fourth-order valence-corrected chi connectivity index (χ4v) is 8.79. The second-order valence-electron chi connectivity index (χ2n) is 10.6. The monoisotopic (exact) mass is 553 g/mol. The molecule has 0 atom stereocenters. The Kier molecular flexibility index (Phi) is 7.13. The summed E-state index contributed by atoms with van der Waals surface area (Å²) in [7, 11) is -3.52. The molecular formula is C28H35N5O3S2. The van der Waals surface area contributed by atoms with E-state index < -0.39 is 10.0 Å². The Hall–Kier alpha value is -2.56. The van der Waals surface area contributed by atoms with Crippen molar-refractivity contribution < 1.29 is 13.2 Å². The average Bonchev–Trinajstić information content (AvgIpc) is 3.09. The van der Waals surface area contributed by atoms with E-state index in [-0.39, 0.29) is 10.8 Å². The molecule has 0 radical (unpaired) electrons. The maximum absolute atomic E-state index is 13.3. The first kappa shape index (κ1) is 25.7. The highest BCUT2D eigenvalue weighted by Crippen LogP contribution is 2.40. The van der Waals surface area contributed by atoms with Crippen LogP contribution in [0.4, 0.5) is 5.82 Å². The molecule has 1 amide bonds. The van der Waals surface area contributed by atoms with Crippen molar-refractivity contribution in [2.75, 3.05) is 44.2 Å². The summed E-state index contributed by atoms with van der Waals surface area (Å²) in [6.45, 7) is 5.72. The van der Waals surface area contributed by atoms with Crippen LogP contribution in [0.2, 0.25) is 0 Å². The quantitative estimate of drug-likeness (QED) is 0.476. The number of rotatable bonds is 4. The van der Waals surface area contributed by atoms with Gasteiger partial charge < -0.3 is 9.80 Å². The molecule has 1 aliphatic carbocycles. The molecular weight excluding hydrogens is 518 g/mol. The van der Waals surface area contributed by atoms with Crippen LogP contribution in [0.25, 0.3) is 10.2 Å². The van der Waals surface area contributed by atoms with Gasteiger partial charge in [-0.15, -0.1) is 11.3 Å². The highest BCUT2D eigenvalue weighted by atomic mass is 32.2. The van der Waals surface area contributed by atoms with Gasteiger partial charge in [0, 0.05) is 49.7 Å². The van der Waals surface area contributed by atoms with E-state index >= 15 is 0 Å². The molecule has 0 N–H and O–H groups in total. The van der Waals surface area contributed by atoms with E-state index in [1.165, 1.54) is 28.7 Å². The smallest absolute Gasteiger partial charge is 0.253 e. The number of aryl methyl sites for hydroxylation is 3. The number of fused-ring (bicyclic) bond motifs is 3. The van der Waals surface area contributed by atoms with Gasteiger partial charge in [0.1, 0.15) is 16.5 Å². The summed E-state index contributed by atoms with van der Waals surface area (Å²) < 4.78 is 27.8. The molecule has 202 valence electrons. The number of benzene rings is 1. The first-order chi connectivity index (χ1) is 18.4. The molecule has 2 saturated heterocycles. The van der Waals surface area contributed by atoms with Crippen LogP contribution in [0.5, 0.6) is 0 Å². The Morgan fingerprint density at radius 2 is 1.53 bits per heavy atom. The summed E-state index contributed by atoms with van der Waals surface area (Å²) in [5, 5.41) is 1.22. The fourth-order valence-electron chi connectivity index (χ4n) is 5.98. The zero-order chi connectivity index (χ0) is 26.3. The number of hydrogen-bond acceptors (Lipinski definition) is 7. The molecule has 38 heavy (non-hydrogen) atoms. The second-order valence-corrected chi connectivity index (χ2v) is 13.6. The second kappa shape index (κ2) is 10.5. The lowest BCUT2D eigenvalue weighted by molar-refractivity contribution is 0.0746. The van der Waals surface area contributed by atoms with Crippen LogP contribution in [0, 0.1) is 6.92 Å². The maximum atomic E-state index is 13.3. The summed E-state index contributed by atoms with van der Waals surface area (Å²) >= 11 is 1.82. The molecule has 0 bridgehead atoms. The van der Waals surface area contributed by atoms with Crippen LogP contribution in [-0.2, 0) is 22.9 Å². The fraction of sp³-hybridized carbons (Fsp3) is 0.536. The van der Waals surface area contributed by atoms with Gasteiger partial charge in [0.25, 0.3) is 5.91 Å². The predicted octanol–water partition coefficient (Wildman–Crippen LogP) is 4.41. The largest absolute Gasteiger partial charge is 0.352 e. The third-order valence-electron chi connectivity index (χ3n) is 8.08. The van der Waals surface area contributed by atoms with E-state index in [9.17, 15) is 13.2 Å². The Morgan fingerprint density at radius 3 is 2.24 bits per heavy atom. The normalized spacial score (nSPS) is 19.4. The molecule has 8 nitrogen and oxygen atoms in total. The molecule has 0 saturated carbocycles. The van der Waals surface area contributed by atoms with E-state index in [1.54, 1.807) is 28.6 Å². The summed E-state index contributed by atoms with van der Waals surface area (Å²) in [5.74, 6) is 1.75. The summed E-state index contributed by atoms with van der Waals surface area (Å²) in [5.41, 5.74) is 1.96. The van der Waals surface area contributed by atoms with E-state index in [4.69, 9.17) is 9.97 Å². The van der Waals surface area contributed by atoms with Crippen molar-refractivity contribution in [3.63, 3.8) is 0 Å². The number of sulfonamides is 1. The van der Waals surface area contributed by atoms with Crippen molar-refractivity contribution in [1.29, 1.82) is 0 Å². The Bertz CT molecular complexity index is 1440. The highest BCUT2D eigenvalue weighted by molar-refractivity contribution is 7.89. The van der Waals surface area contributed by atoms with Crippen molar-refractivity contribution in [3.05, 3.63) is 46.1 Å². The molecule has 6 rings (SSSR count). The minimum atomic E-state index is -3.52. The molecule has 1 aromatic carbocycles. The minimum absolute atomic E-state index is 0.0553. The van der Waals surface area contributed by atoms with E-state index in [0.29, 0.717) is 44.8 Å². The Labute approximate surface area is 228 Å². The number of nitrogens with zero attached hydrogens (tertiary/aromatic N) is 5. The Morgan fingerprint density at radius 1 is 0.842 bits per heavy atom. The van der Waals surface area contributed by atoms with Gasteiger partial charge in [-0.25, -0.2) is 18.4 Å². The van der Waals surface area contributed by atoms with Gasteiger partial charge in [-0.3, -0.25) is 4.79 Å². The van der Waals surface area contributed by atoms with Crippen LogP contribution >= 0.6 is 11.3 Å². The standard InChI is InChI=1S/C28H35N5O3S2/c1-20-29-26(25-23-8-4-5-9-24(23)37-27(25)30-20)31-16-18-32(19-17-31)28(34)21-10-12-22(13-11-21)38(35,36)33-14-6-2-3-7-15-33/h10-13H,2-9,14-19H2,1H3.